The Morgan fingerprint density at radius 3 is 2.25 bits per heavy atom. The molecule has 0 N–H and O–H groups in total. The van der Waals surface area contributed by atoms with Crippen molar-refractivity contribution in [2.45, 2.75) is 19.8 Å². The van der Waals surface area contributed by atoms with Crippen molar-refractivity contribution >= 4 is 16.5 Å². The maximum absolute atomic E-state index is 2.27. The van der Waals surface area contributed by atoms with Crippen molar-refractivity contribution in [3.63, 3.8) is 0 Å². The number of rotatable bonds is 3. The average molecular weight is 213 g/mol. The van der Waals surface area contributed by atoms with Crippen LogP contribution >= 0.6 is 0 Å². The fourth-order valence-electron chi connectivity index (χ4n) is 2.22. The fourth-order valence-corrected chi connectivity index (χ4v) is 2.22. The van der Waals surface area contributed by atoms with Gasteiger partial charge in [0.15, 0.2) is 0 Å². The molecule has 0 saturated heterocycles. The van der Waals surface area contributed by atoms with Crippen LogP contribution in [0.1, 0.15) is 18.9 Å². The molecule has 0 fully saturated rings. The maximum atomic E-state index is 2.27. The van der Waals surface area contributed by atoms with E-state index >= 15 is 0 Å². The van der Waals surface area contributed by atoms with Crippen LogP contribution in [0.15, 0.2) is 36.4 Å². The zero-order chi connectivity index (χ0) is 11.5. The van der Waals surface area contributed by atoms with Crippen LogP contribution in [0.25, 0.3) is 10.8 Å². The largest absolute Gasteiger partial charge is 0.377 e. The van der Waals surface area contributed by atoms with E-state index in [9.17, 15) is 0 Å². The third-order valence-corrected chi connectivity index (χ3v) is 2.99. The maximum Gasteiger partial charge on any atom is 0.0440 e. The summed E-state index contributed by atoms with van der Waals surface area (Å²) in [6, 6.07) is 13.2. The Morgan fingerprint density at radius 1 is 0.938 bits per heavy atom. The van der Waals surface area contributed by atoms with Crippen LogP contribution in [0, 0.1) is 0 Å². The third kappa shape index (κ3) is 1.90. The van der Waals surface area contributed by atoms with Gasteiger partial charge in [-0.05, 0) is 23.4 Å². The second-order valence-corrected chi connectivity index (χ2v) is 4.43. The molecule has 0 spiro atoms. The minimum absolute atomic E-state index is 1.16. The molecular weight excluding hydrogens is 194 g/mol. The first-order valence-corrected chi connectivity index (χ1v) is 5.92. The standard InChI is InChI=1S/C15H19N/c1-4-7-12-10-11-15(16(2)3)14-9-6-5-8-13(12)14/h5-6,8-11H,4,7H2,1-3H3. The minimum Gasteiger partial charge on any atom is -0.377 e. The summed E-state index contributed by atoms with van der Waals surface area (Å²) in [6.07, 6.45) is 2.36. The molecule has 0 aliphatic heterocycles. The van der Waals surface area contributed by atoms with E-state index in [2.05, 4.69) is 62.3 Å². The van der Waals surface area contributed by atoms with Crippen LogP contribution in [-0.2, 0) is 6.42 Å². The van der Waals surface area contributed by atoms with Gasteiger partial charge < -0.3 is 4.90 Å². The van der Waals surface area contributed by atoms with Gasteiger partial charge in [-0.3, -0.25) is 0 Å². The van der Waals surface area contributed by atoms with Gasteiger partial charge in [-0.1, -0.05) is 43.7 Å². The van der Waals surface area contributed by atoms with E-state index in [0.717, 1.165) is 6.42 Å². The number of nitrogens with zero attached hydrogens (tertiary/aromatic N) is 1. The summed E-state index contributed by atoms with van der Waals surface area (Å²) in [6.45, 7) is 2.23. The summed E-state index contributed by atoms with van der Waals surface area (Å²) in [5.41, 5.74) is 2.76. The monoisotopic (exact) mass is 213 g/mol. The molecule has 0 atom stereocenters. The summed E-state index contributed by atoms with van der Waals surface area (Å²) in [5, 5.41) is 2.76. The van der Waals surface area contributed by atoms with Crippen LogP contribution in [-0.4, -0.2) is 14.1 Å². The Labute approximate surface area is 97.7 Å². The van der Waals surface area contributed by atoms with Gasteiger partial charge in [0.1, 0.15) is 0 Å². The highest BCUT2D eigenvalue weighted by Crippen LogP contribution is 2.28. The normalized spacial score (nSPS) is 10.7. The number of aryl methyl sites for hydroxylation is 1. The topological polar surface area (TPSA) is 3.24 Å². The highest BCUT2D eigenvalue weighted by Gasteiger charge is 2.05. The van der Waals surface area contributed by atoms with Crippen molar-refractivity contribution in [2.75, 3.05) is 19.0 Å². The number of fused-ring (bicyclic) bond motifs is 1. The molecule has 0 bridgehead atoms. The van der Waals surface area contributed by atoms with Crippen molar-refractivity contribution in [1.29, 1.82) is 0 Å². The summed E-state index contributed by atoms with van der Waals surface area (Å²) >= 11 is 0. The van der Waals surface area contributed by atoms with Gasteiger partial charge in [0.25, 0.3) is 0 Å². The lowest BCUT2D eigenvalue weighted by molar-refractivity contribution is 0.929. The molecule has 84 valence electrons. The zero-order valence-corrected chi connectivity index (χ0v) is 10.3. The van der Waals surface area contributed by atoms with E-state index in [4.69, 9.17) is 0 Å². The predicted molar refractivity (Wildman–Crippen MR) is 72.3 cm³/mol. The Balaban J connectivity index is 2.67. The van der Waals surface area contributed by atoms with E-state index in [1.54, 1.807) is 0 Å². The van der Waals surface area contributed by atoms with Gasteiger partial charge in [-0.25, -0.2) is 0 Å². The lowest BCUT2D eigenvalue weighted by Gasteiger charge is -2.17. The molecule has 0 saturated carbocycles. The summed E-state index contributed by atoms with van der Waals surface area (Å²) in [4.78, 5) is 2.18. The van der Waals surface area contributed by atoms with E-state index in [-0.39, 0.29) is 0 Å². The fraction of sp³-hybridized carbons (Fsp3) is 0.333. The summed E-state index contributed by atoms with van der Waals surface area (Å²) in [7, 11) is 4.20. The molecule has 1 nitrogen and oxygen atoms in total. The Bertz CT molecular complexity index is 486. The molecule has 2 aromatic rings. The molecular formula is C15H19N. The average Bonchev–Trinajstić information content (AvgIpc) is 2.29. The second kappa shape index (κ2) is 4.56. The summed E-state index contributed by atoms with van der Waals surface area (Å²) in [5.74, 6) is 0. The van der Waals surface area contributed by atoms with Crippen LogP contribution < -0.4 is 4.90 Å². The molecule has 0 amide bonds. The SMILES string of the molecule is CCCc1ccc(N(C)C)c2ccccc12. The van der Waals surface area contributed by atoms with Gasteiger partial charge in [0.2, 0.25) is 0 Å². The van der Waals surface area contributed by atoms with Crippen molar-refractivity contribution in [1.82, 2.24) is 0 Å². The van der Waals surface area contributed by atoms with Crippen molar-refractivity contribution in [3.05, 3.63) is 42.0 Å². The highest BCUT2D eigenvalue weighted by atomic mass is 15.1. The number of hydrogen-bond acceptors (Lipinski definition) is 1. The number of benzene rings is 2. The number of anilines is 1. The van der Waals surface area contributed by atoms with Gasteiger partial charge in [0.05, 0.1) is 0 Å². The molecule has 0 aliphatic carbocycles. The first-order chi connectivity index (χ1) is 7.74. The van der Waals surface area contributed by atoms with E-state index in [0.29, 0.717) is 0 Å². The molecule has 2 aromatic carbocycles. The Morgan fingerprint density at radius 2 is 1.62 bits per heavy atom. The lowest BCUT2D eigenvalue weighted by atomic mass is 9.99. The molecule has 0 unspecified atom stereocenters. The Hall–Kier alpha value is -1.50. The first kappa shape index (κ1) is 11.0. The van der Waals surface area contributed by atoms with Crippen LogP contribution in [0.2, 0.25) is 0 Å². The van der Waals surface area contributed by atoms with Gasteiger partial charge in [-0.15, -0.1) is 0 Å². The zero-order valence-electron chi connectivity index (χ0n) is 10.3. The van der Waals surface area contributed by atoms with Gasteiger partial charge in [-0.2, -0.15) is 0 Å². The second-order valence-electron chi connectivity index (χ2n) is 4.43. The van der Waals surface area contributed by atoms with Crippen molar-refractivity contribution in [2.24, 2.45) is 0 Å². The first-order valence-electron chi connectivity index (χ1n) is 5.92. The molecule has 0 radical (unpaired) electrons. The Kier molecular flexibility index (Phi) is 3.14. The molecule has 0 aromatic heterocycles. The van der Waals surface area contributed by atoms with Crippen LogP contribution in [0.3, 0.4) is 0 Å². The molecule has 0 aliphatic rings. The minimum atomic E-state index is 1.16. The summed E-state index contributed by atoms with van der Waals surface area (Å²) < 4.78 is 0. The molecule has 1 heteroatoms. The third-order valence-electron chi connectivity index (χ3n) is 2.99. The molecule has 0 heterocycles. The van der Waals surface area contributed by atoms with E-state index < -0.39 is 0 Å². The van der Waals surface area contributed by atoms with E-state index in [1.807, 2.05) is 0 Å². The van der Waals surface area contributed by atoms with Crippen molar-refractivity contribution < 1.29 is 0 Å². The van der Waals surface area contributed by atoms with Crippen LogP contribution in [0.4, 0.5) is 5.69 Å². The van der Waals surface area contributed by atoms with Crippen LogP contribution in [0.5, 0.6) is 0 Å². The smallest absolute Gasteiger partial charge is 0.0440 e. The molecule has 16 heavy (non-hydrogen) atoms. The van der Waals surface area contributed by atoms with Crippen molar-refractivity contribution in [3.8, 4) is 0 Å². The number of hydrogen-bond donors (Lipinski definition) is 0. The lowest BCUT2D eigenvalue weighted by Crippen LogP contribution is -2.09. The quantitative estimate of drug-likeness (QED) is 0.748. The highest BCUT2D eigenvalue weighted by molar-refractivity contribution is 5.96. The van der Waals surface area contributed by atoms with E-state index in [1.165, 1.54) is 28.4 Å². The van der Waals surface area contributed by atoms with Gasteiger partial charge in [0, 0.05) is 25.2 Å². The van der Waals surface area contributed by atoms with Gasteiger partial charge >= 0.3 is 0 Å². The predicted octanol–water partition coefficient (Wildman–Crippen LogP) is 3.86. The molecule has 2 rings (SSSR count).